The van der Waals surface area contributed by atoms with Gasteiger partial charge in [0.2, 0.25) is 5.91 Å². The van der Waals surface area contributed by atoms with E-state index in [-0.39, 0.29) is 5.91 Å². The highest BCUT2D eigenvalue weighted by atomic mass is 16.5. The molecule has 1 aliphatic rings. The van der Waals surface area contributed by atoms with E-state index in [4.69, 9.17) is 9.47 Å². The lowest BCUT2D eigenvalue weighted by Gasteiger charge is -2.15. The second-order valence-corrected chi connectivity index (χ2v) is 4.46. The zero-order valence-corrected chi connectivity index (χ0v) is 11.1. The van der Waals surface area contributed by atoms with E-state index in [0.717, 1.165) is 42.9 Å². The Morgan fingerprint density at radius 1 is 1.26 bits per heavy atom. The molecular formula is C15H19NO3. The lowest BCUT2D eigenvalue weighted by molar-refractivity contribution is -0.121. The molecule has 0 radical (unpaired) electrons. The van der Waals surface area contributed by atoms with Crippen LogP contribution in [0.2, 0.25) is 0 Å². The zero-order chi connectivity index (χ0) is 13.5. The summed E-state index contributed by atoms with van der Waals surface area (Å²) in [5.41, 5.74) is 1.07. The first-order chi connectivity index (χ1) is 9.31. The summed E-state index contributed by atoms with van der Waals surface area (Å²) < 4.78 is 10.8. The number of hydrogen-bond acceptors (Lipinski definition) is 3. The molecular weight excluding hydrogens is 242 g/mol. The standard InChI is InChI=1S/C15H19NO3/c1-2-9-16-14(17)8-4-6-12-5-3-7-13-15(12)19-11-10-18-13/h3,5,7,10-11H,2,4,6,8-9H2,1H3,(H,16,17). The van der Waals surface area contributed by atoms with Crippen LogP contribution in [0.5, 0.6) is 11.5 Å². The Morgan fingerprint density at radius 2 is 2.11 bits per heavy atom. The van der Waals surface area contributed by atoms with Gasteiger partial charge < -0.3 is 14.8 Å². The molecule has 0 aromatic heterocycles. The molecule has 0 saturated carbocycles. The molecule has 4 nitrogen and oxygen atoms in total. The summed E-state index contributed by atoms with van der Waals surface area (Å²) in [4.78, 5) is 11.5. The van der Waals surface area contributed by atoms with E-state index >= 15 is 0 Å². The smallest absolute Gasteiger partial charge is 0.220 e. The van der Waals surface area contributed by atoms with Crippen molar-refractivity contribution >= 4 is 5.91 Å². The zero-order valence-electron chi connectivity index (χ0n) is 11.1. The maximum absolute atomic E-state index is 11.5. The van der Waals surface area contributed by atoms with Crippen molar-refractivity contribution in [3.8, 4) is 11.5 Å². The molecule has 0 spiro atoms. The summed E-state index contributed by atoms with van der Waals surface area (Å²) >= 11 is 0. The number of nitrogens with one attached hydrogen (secondary N) is 1. The molecule has 1 N–H and O–H groups in total. The number of hydrogen-bond donors (Lipinski definition) is 1. The normalized spacial score (nSPS) is 12.3. The highest BCUT2D eigenvalue weighted by Crippen LogP contribution is 2.34. The number of carbonyl (C=O) groups is 1. The van der Waals surface area contributed by atoms with Gasteiger partial charge in [-0.15, -0.1) is 0 Å². The third-order valence-electron chi connectivity index (χ3n) is 2.92. The van der Waals surface area contributed by atoms with E-state index < -0.39 is 0 Å². The molecule has 1 heterocycles. The molecule has 0 unspecified atom stereocenters. The third kappa shape index (κ3) is 3.74. The number of carbonyl (C=O) groups excluding carboxylic acids is 1. The van der Waals surface area contributed by atoms with Gasteiger partial charge in [0, 0.05) is 13.0 Å². The summed E-state index contributed by atoms with van der Waals surface area (Å²) in [6.07, 6.45) is 6.17. The minimum Gasteiger partial charge on any atom is -0.458 e. The molecule has 0 atom stereocenters. The second-order valence-electron chi connectivity index (χ2n) is 4.46. The number of ether oxygens (including phenoxy) is 2. The Hall–Kier alpha value is -1.97. The second kappa shape index (κ2) is 6.83. The van der Waals surface area contributed by atoms with Crippen LogP contribution in [-0.4, -0.2) is 12.5 Å². The van der Waals surface area contributed by atoms with Gasteiger partial charge in [-0.25, -0.2) is 0 Å². The van der Waals surface area contributed by atoms with Crippen molar-refractivity contribution in [1.29, 1.82) is 0 Å². The number of rotatable bonds is 6. The van der Waals surface area contributed by atoms with Crippen LogP contribution < -0.4 is 14.8 Å². The predicted molar refractivity (Wildman–Crippen MR) is 73.1 cm³/mol. The Labute approximate surface area is 113 Å². The van der Waals surface area contributed by atoms with Crippen molar-refractivity contribution in [3.63, 3.8) is 0 Å². The molecule has 102 valence electrons. The van der Waals surface area contributed by atoms with Crippen LogP contribution in [0.25, 0.3) is 0 Å². The molecule has 4 heteroatoms. The lowest BCUT2D eigenvalue weighted by atomic mass is 10.1. The van der Waals surface area contributed by atoms with Gasteiger partial charge >= 0.3 is 0 Å². The lowest BCUT2D eigenvalue weighted by Crippen LogP contribution is -2.23. The van der Waals surface area contributed by atoms with Gasteiger partial charge in [0.1, 0.15) is 12.5 Å². The fourth-order valence-electron chi connectivity index (χ4n) is 1.97. The largest absolute Gasteiger partial charge is 0.458 e. The minimum absolute atomic E-state index is 0.115. The summed E-state index contributed by atoms with van der Waals surface area (Å²) in [5, 5.41) is 2.87. The summed E-state index contributed by atoms with van der Waals surface area (Å²) in [7, 11) is 0. The van der Waals surface area contributed by atoms with E-state index in [0.29, 0.717) is 6.42 Å². The van der Waals surface area contributed by atoms with Crippen LogP contribution in [0.15, 0.2) is 30.7 Å². The molecule has 0 fully saturated rings. The fraction of sp³-hybridized carbons (Fsp3) is 0.400. The number of para-hydroxylation sites is 1. The van der Waals surface area contributed by atoms with Crippen LogP contribution in [0, 0.1) is 0 Å². The van der Waals surface area contributed by atoms with Crippen molar-refractivity contribution in [2.45, 2.75) is 32.6 Å². The Kier molecular flexibility index (Phi) is 4.84. The van der Waals surface area contributed by atoms with Gasteiger partial charge in [-0.2, -0.15) is 0 Å². The molecule has 19 heavy (non-hydrogen) atoms. The summed E-state index contributed by atoms with van der Waals surface area (Å²) in [6.45, 7) is 2.79. The Bertz CT molecular complexity index is 468. The first kappa shape index (κ1) is 13.5. The van der Waals surface area contributed by atoms with E-state index in [1.807, 2.05) is 25.1 Å². The van der Waals surface area contributed by atoms with Crippen LogP contribution >= 0.6 is 0 Å². The van der Waals surface area contributed by atoms with E-state index in [9.17, 15) is 4.79 Å². The minimum atomic E-state index is 0.115. The highest BCUT2D eigenvalue weighted by molar-refractivity contribution is 5.75. The van der Waals surface area contributed by atoms with Crippen molar-refractivity contribution in [3.05, 3.63) is 36.3 Å². The predicted octanol–water partition coefficient (Wildman–Crippen LogP) is 2.78. The first-order valence-electron chi connectivity index (χ1n) is 6.68. The number of benzene rings is 1. The quantitative estimate of drug-likeness (QED) is 0.856. The molecule has 1 aliphatic heterocycles. The molecule has 1 aromatic carbocycles. The number of aryl methyl sites for hydroxylation is 1. The van der Waals surface area contributed by atoms with Gasteiger partial charge in [0.05, 0.1) is 0 Å². The van der Waals surface area contributed by atoms with Gasteiger partial charge in [-0.1, -0.05) is 19.1 Å². The van der Waals surface area contributed by atoms with Gasteiger partial charge in [0.15, 0.2) is 11.5 Å². The van der Waals surface area contributed by atoms with Gasteiger partial charge in [-0.3, -0.25) is 4.79 Å². The van der Waals surface area contributed by atoms with E-state index in [1.54, 1.807) is 0 Å². The van der Waals surface area contributed by atoms with Crippen molar-refractivity contribution in [2.24, 2.45) is 0 Å². The monoisotopic (exact) mass is 261 g/mol. The number of fused-ring (bicyclic) bond motifs is 1. The van der Waals surface area contributed by atoms with E-state index in [2.05, 4.69) is 5.32 Å². The molecule has 0 aliphatic carbocycles. The Morgan fingerprint density at radius 3 is 2.95 bits per heavy atom. The van der Waals surface area contributed by atoms with Crippen LogP contribution in [-0.2, 0) is 11.2 Å². The average Bonchev–Trinajstić information content (AvgIpc) is 2.45. The number of amides is 1. The topological polar surface area (TPSA) is 47.6 Å². The molecule has 0 bridgehead atoms. The molecule has 2 rings (SSSR count). The summed E-state index contributed by atoms with van der Waals surface area (Å²) in [6, 6.07) is 5.81. The molecule has 0 saturated heterocycles. The first-order valence-corrected chi connectivity index (χ1v) is 6.68. The van der Waals surface area contributed by atoms with Crippen molar-refractivity contribution < 1.29 is 14.3 Å². The van der Waals surface area contributed by atoms with E-state index in [1.165, 1.54) is 12.5 Å². The molecule has 1 amide bonds. The highest BCUT2D eigenvalue weighted by Gasteiger charge is 2.13. The molecule has 1 aromatic rings. The van der Waals surface area contributed by atoms with Gasteiger partial charge in [0.25, 0.3) is 0 Å². The third-order valence-corrected chi connectivity index (χ3v) is 2.92. The Balaban J connectivity index is 1.85. The average molecular weight is 261 g/mol. The van der Waals surface area contributed by atoms with Crippen molar-refractivity contribution in [2.75, 3.05) is 6.54 Å². The summed E-state index contributed by atoms with van der Waals surface area (Å²) in [5.74, 6) is 1.61. The van der Waals surface area contributed by atoms with Gasteiger partial charge in [-0.05, 0) is 30.9 Å². The van der Waals surface area contributed by atoms with Crippen molar-refractivity contribution in [1.82, 2.24) is 5.32 Å². The maximum atomic E-state index is 11.5. The SMILES string of the molecule is CCCNC(=O)CCCc1cccc2c1OC=CO2. The fourth-order valence-corrected chi connectivity index (χ4v) is 1.97. The van der Waals surface area contributed by atoms with Crippen LogP contribution in [0.3, 0.4) is 0 Å². The maximum Gasteiger partial charge on any atom is 0.220 e. The van der Waals surface area contributed by atoms with Crippen LogP contribution in [0.4, 0.5) is 0 Å². The van der Waals surface area contributed by atoms with Crippen LogP contribution in [0.1, 0.15) is 31.7 Å².